The third-order valence-corrected chi connectivity index (χ3v) is 2.47. The van der Waals surface area contributed by atoms with Crippen LogP contribution in [0.1, 0.15) is 25.5 Å². The van der Waals surface area contributed by atoms with E-state index in [9.17, 15) is 19.7 Å². The number of rotatable bonds is 6. The smallest absolute Gasteiger partial charge is 0.355 e. The minimum absolute atomic E-state index is 0.0375. The van der Waals surface area contributed by atoms with Crippen LogP contribution in [0.3, 0.4) is 0 Å². The van der Waals surface area contributed by atoms with E-state index in [2.05, 4.69) is 0 Å². The van der Waals surface area contributed by atoms with Crippen LogP contribution in [0.15, 0.2) is 30.3 Å². The Kier molecular flexibility index (Phi) is 5.64. The second-order valence-electron chi connectivity index (χ2n) is 3.92. The van der Waals surface area contributed by atoms with Gasteiger partial charge in [-0.2, -0.15) is 0 Å². The van der Waals surface area contributed by atoms with E-state index in [0.717, 1.165) is 6.92 Å². The van der Waals surface area contributed by atoms with Crippen molar-refractivity contribution in [2.24, 2.45) is 0 Å². The SMILES string of the molecule is CCOC(=O)C(OC(C)=O)C(c1ccccc1)[N+](=O)[O-]. The van der Waals surface area contributed by atoms with E-state index < -0.39 is 29.0 Å². The van der Waals surface area contributed by atoms with Crippen molar-refractivity contribution in [1.29, 1.82) is 0 Å². The molecular weight excluding hydrogens is 266 g/mol. The molecule has 108 valence electrons. The Morgan fingerprint density at radius 2 is 1.90 bits per heavy atom. The highest BCUT2D eigenvalue weighted by Crippen LogP contribution is 2.24. The van der Waals surface area contributed by atoms with E-state index in [4.69, 9.17) is 9.47 Å². The van der Waals surface area contributed by atoms with Gasteiger partial charge in [-0.15, -0.1) is 0 Å². The maximum Gasteiger partial charge on any atom is 0.355 e. The standard InChI is InChI=1S/C13H15NO6/c1-3-19-13(16)12(20-9(2)15)11(14(17)18)10-7-5-4-6-8-10/h4-8,11-12H,3H2,1-2H3. The summed E-state index contributed by atoms with van der Waals surface area (Å²) in [6.07, 6.45) is -1.61. The van der Waals surface area contributed by atoms with Crippen LogP contribution in [-0.4, -0.2) is 29.6 Å². The fraction of sp³-hybridized carbons (Fsp3) is 0.385. The van der Waals surface area contributed by atoms with Crippen LogP contribution in [-0.2, 0) is 19.1 Å². The van der Waals surface area contributed by atoms with Gasteiger partial charge in [-0.1, -0.05) is 30.3 Å². The lowest BCUT2D eigenvalue weighted by molar-refractivity contribution is -0.538. The largest absolute Gasteiger partial charge is 0.463 e. The van der Waals surface area contributed by atoms with Crippen molar-refractivity contribution in [1.82, 2.24) is 0 Å². The van der Waals surface area contributed by atoms with Crippen molar-refractivity contribution < 1.29 is 24.0 Å². The lowest BCUT2D eigenvalue weighted by atomic mass is 10.0. The Balaban J connectivity index is 3.14. The molecule has 0 heterocycles. The molecule has 0 spiro atoms. The van der Waals surface area contributed by atoms with Crippen LogP contribution >= 0.6 is 0 Å². The van der Waals surface area contributed by atoms with Crippen LogP contribution in [0.25, 0.3) is 0 Å². The van der Waals surface area contributed by atoms with E-state index in [1.54, 1.807) is 25.1 Å². The molecule has 0 aliphatic carbocycles. The summed E-state index contributed by atoms with van der Waals surface area (Å²) in [5.74, 6) is -1.72. The predicted octanol–water partition coefficient (Wildman–Crippen LogP) is 1.50. The summed E-state index contributed by atoms with van der Waals surface area (Å²) in [6.45, 7) is 2.68. The van der Waals surface area contributed by atoms with Gasteiger partial charge in [0.25, 0.3) is 12.1 Å². The van der Waals surface area contributed by atoms with E-state index in [-0.39, 0.29) is 12.2 Å². The molecule has 0 aromatic heterocycles. The summed E-state index contributed by atoms with van der Waals surface area (Å²) in [5, 5.41) is 11.2. The molecule has 2 atom stereocenters. The van der Waals surface area contributed by atoms with Crippen LogP contribution < -0.4 is 0 Å². The number of nitrogens with zero attached hydrogens (tertiary/aromatic N) is 1. The number of ether oxygens (including phenoxy) is 2. The lowest BCUT2D eigenvalue weighted by Crippen LogP contribution is -2.38. The van der Waals surface area contributed by atoms with Gasteiger partial charge in [0.1, 0.15) is 0 Å². The zero-order chi connectivity index (χ0) is 15.1. The summed E-state index contributed by atoms with van der Waals surface area (Å²) in [7, 11) is 0. The molecule has 0 radical (unpaired) electrons. The maximum atomic E-state index is 11.8. The summed E-state index contributed by atoms with van der Waals surface area (Å²) in [6, 6.07) is 6.36. The van der Waals surface area contributed by atoms with Crippen LogP contribution in [0, 0.1) is 10.1 Å². The Morgan fingerprint density at radius 3 is 2.35 bits per heavy atom. The number of nitro groups is 1. The molecule has 0 aliphatic rings. The third kappa shape index (κ3) is 4.04. The van der Waals surface area contributed by atoms with Gasteiger partial charge < -0.3 is 9.47 Å². The number of hydrogen-bond donors (Lipinski definition) is 0. The summed E-state index contributed by atoms with van der Waals surface area (Å²) < 4.78 is 9.52. The van der Waals surface area contributed by atoms with E-state index in [1.807, 2.05) is 0 Å². The quantitative estimate of drug-likeness (QED) is 0.445. The molecule has 0 bridgehead atoms. The molecule has 1 rings (SSSR count). The highest BCUT2D eigenvalue weighted by molar-refractivity contribution is 5.79. The van der Waals surface area contributed by atoms with Gasteiger partial charge in [-0.3, -0.25) is 14.9 Å². The van der Waals surface area contributed by atoms with Crippen molar-refractivity contribution >= 4 is 11.9 Å². The predicted molar refractivity (Wildman–Crippen MR) is 68.4 cm³/mol. The van der Waals surface area contributed by atoms with Crippen LogP contribution in [0.4, 0.5) is 0 Å². The molecule has 0 saturated heterocycles. The average molecular weight is 281 g/mol. The minimum Gasteiger partial charge on any atom is -0.463 e. The highest BCUT2D eigenvalue weighted by Gasteiger charge is 2.42. The van der Waals surface area contributed by atoms with Crippen LogP contribution in [0.2, 0.25) is 0 Å². The van der Waals surface area contributed by atoms with E-state index in [0.29, 0.717) is 0 Å². The Morgan fingerprint density at radius 1 is 1.30 bits per heavy atom. The molecular formula is C13H15NO6. The third-order valence-electron chi connectivity index (χ3n) is 2.47. The van der Waals surface area contributed by atoms with Gasteiger partial charge in [0, 0.05) is 17.4 Å². The summed E-state index contributed by atoms with van der Waals surface area (Å²) in [5.41, 5.74) is 0.261. The Bertz CT molecular complexity index is 487. The zero-order valence-corrected chi connectivity index (χ0v) is 11.1. The Hall–Kier alpha value is -2.44. The lowest BCUT2D eigenvalue weighted by Gasteiger charge is -2.19. The summed E-state index contributed by atoms with van der Waals surface area (Å²) >= 11 is 0. The van der Waals surface area contributed by atoms with Gasteiger partial charge in [-0.05, 0) is 6.92 Å². The van der Waals surface area contributed by atoms with Crippen LogP contribution in [0.5, 0.6) is 0 Å². The molecule has 7 nitrogen and oxygen atoms in total. The highest BCUT2D eigenvalue weighted by atomic mass is 16.6. The second-order valence-corrected chi connectivity index (χ2v) is 3.92. The normalized spacial score (nSPS) is 13.1. The van der Waals surface area contributed by atoms with Crippen molar-refractivity contribution in [2.45, 2.75) is 26.0 Å². The first-order valence-corrected chi connectivity index (χ1v) is 5.99. The number of carbonyl (C=O) groups excluding carboxylic acids is 2. The molecule has 0 N–H and O–H groups in total. The number of benzene rings is 1. The van der Waals surface area contributed by atoms with Gasteiger partial charge in [-0.25, -0.2) is 4.79 Å². The second kappa shape index (κ2) is 7.22. The fourth-order valence-corrected chi connectivity index (χ4v) is 1.70. The molecule has 20 heavy (non-hydrogen) atoms. The number of hydrogen-bond acceptors (Lipinski definition) is 6. The van der Waals surface area contributed by atoms with Crippen molar-refractivity contribution in [2.75, 3.05) is 6.61 Å². The molecule has 1 aromatic rings. The molecule has 7 heteroatoms. The van der Waals surface area contributed by atoms with Crippen molar-refractivity contribution in [3.63, 3.8) is 0 Å². The molecule has 2 unspecified atom stereocenters. The van der Waals surface area contributed by atoms with Crippen molar-refractivity contribution in [3.05, 3.63) is 46.0 Å². The first-order chi connectivity index (χ1) is 9.47. The van der Waals surface area contributed by atoms with Gasteiger partial charge in [0.15, 0.2) is 0 Å². The molecule has 0 fully saturated rings. The Labute approximate surface area is 115 Å². The maximum absolute atomic E-state index is 11.8. The first kappa shape index (κ1) is 15.6. The average Bonchev–Trinajstić information content (AvgIpc) is 2.38. The van der Waals surface area contributed by atoms with Gasteiger partial charge in [0.05, 0.1) is 6.61 Å². The van der Waals surface area contributed by atoms with Gasteiger partial charge >= 0.3 is 11.9 Å². The van der Waals surface area contributed by atoms with E-state index >= 15 is 0 Å². The minimum atomic E-state index is -1.61. The topological polar surface area (TPSA) is 95.7 Å². The summed E-state index contributed by atoms with van der Waals surface area (Å²) in [4.78, 5) is 33.4. The molecule has 0 aliphatic heterocycles. The number of carbonyl (C=O) groups is 2. The monoisotopic (exact) mass is 281 g/mol. The molecule has 1 aromatic carbocycles. The zero-order valence-electron chi connectivity index (χ0n) is 11.1. The molecule has 0 saturated carbocycles. The number of esters is 2. The molecule has 0 amide bonds. The fourth-order valence-electron chi connectivity index (χ4n) is 1.70. The van der Waals surface area contributed by atoms with Crippen molar-refractivity contribution in [3.8, 4) is 0 Å². The van der Waals surface area contributed by atoms with Gasteiger partial charge in [0.2, 0.25) is 0 Å². The van der Waals surface area contributed by atoms with E-state index in [1.165, 1.54) is 12.1 Å². The first-order valence-electron chi connectivity index (χ1n) is 5.99.